The third-order valence-corrected chi connectivity index (χ3v) is 5.52. The molecule has 3 heterocycles. The van der Waals surface area contributed by atoms with E-state index in [9.17, 15) is 9.59 Å². The van der Waals surface area contributed by atoms with Crippen molar-refractivity contribution in [2.75, 3.05) is 0 Å². The Kier molecular flexibility index (Phi) is 4.39. The summed E-state index contributed by atoms with van der Waals surface area (Å²) in [4.78, 5) is 30.7. The Bertz CT molecular complexity index is 1360. The average molecular weight is 420 g/mol. The van der Waals surface area contributed by atoms with Crippen LogP contribution in [-0.4, -0.2) is 23.1 Å². The van der Waals surface area contributed by atoms with Crippen molar-refractivity contribution in [2.24, 2.45) is 7.05 Å². The second-order valence-electron chi connectivity index (χ2n) is 7.16. The third-order valence-electron chi connectivity index (χ3n) is 4.93. The molecular formula is C19H19Cl2N5O2. The monoisotopic (exact) mass is 419 g/mol. The highest BCUT2D eigenvalue weighted by molar-refractivity contribution is 6.35. The van der Waals surface area contributed by atoms with Gasteiger partial charge in [-0.05, 0) is 38.5 Å². The predicted molar refractivity (Wildman–Crippen MR) is 111 cm³/mol. The lowest BCUT2D eigenvalue weighted by molar-refractivity contribution is 0.601. The van der Waals surface area contributed by atoms with Crippen molar-refractivity contribution in [1.29, 1.82) is 0 Å². The number of nitrogens with zero attached hydrogens (tertiary/aromatic N) is 5. The molecule has 0 aliphatic rings. The van der Waals surface area contributed by atoms with Gasteiger partial charge >= 0.3 is 5.69 Å². The first-order valence-electron chi connectivity index (χ1n) is 8.84. The molecule has 4 rings (SSSR count). The van der Waals surface area contributed by atoms with Gasteiger partial charge in [0.1, 0.15) is 0 Å². The molecule has 7 nitrogen and oxygen atoms in total. The number of hydrogen-bond acceptors (Lipinski definition) is 3. The van der Waals surface area contributed by atoms with Crippen LogP contribution in [0.5, 0.6) is 0 Å². The minimum Gasteiger partial charge on any atom is -0.312 e. The summed E-state index contributed by atoms with van der Waals surface area (Å²) in [7, 11) is 1.61. The van der Waals surface area contributed by atoms with Gasteiger partial charge in [-0.15, -0.1) is 0 Å². The fourth-order valence-electron chi connectivity index (χ4n) is 3.63. The van der Waals surface area contributed by atoms with Gasteiger partial charge in [0.25, 0.3) is 5.56 Å². The molecule has 0 saturated carbocycles. The number of halogens is 2. The van der Waals surface area contributed by atoms with Crippen molar-refractivity contribution in [3.05, 3.63) is 66.5 Å². The molecule has 9 heteroatoms. The van der Waals surface area contributed by atoms with Crippen LogP contribution in [-0.2, 0) is 13.6 Å². The van der Waals surface area contributed by atoms with E-state index in [1.165, 1.54) is 9.13 Å². The number of aromatic nitrogens is 5. The van der Waals surface area contributed by atoms with Crippen molar-refractivity contribution in [3.63, 3.8) is 0 Å². The molecule has 0 amide bonds. The highest BCUT2D eigenvalue weighted by Gasteiger charge is 2.21. The Labute approximate surface area is 170 Å². The number of imidazole rings is 2. The Morgan fingerprint density at radius 1 is 1.18 bits per heavy atom. The van der Waals surface area contributed by atoms with Gasteiger partial charge in [-0.1, -0.05) is 29.3 Å². The highest BCUT2D eigenvalue weighted by Crippen LogP contribution is 2.22. The molecule has 4 aromatic rings. The van der Waals surface area contributed by atoms with Crippen molar-refractivity contribution in [2.45, 2.75) is 33.4 Å². The van der Waals surface area contributed by atoms with Crippen molar-refractivity contribution >= 4 is 40.1 Å². The molecule has 1 aromatic carbocycles. The number of benzene rings is 1. The van der Waals surface area contributed by atoms with E-state index in [1.54, 1.807) is 29.6 Å². The van der Waals surface area contributed by atoms with E-state index in [-0.39, 0.29) is 12.6 Å². The molecule has 0 aliphatic heterocycles. The normalized spacial score (nSPS) is 12.0. The van der Waals surface area contributed by atoms with E-state index in [4.69, 9.17) is 23.2 Å². The average Bonchev–Trinajstić information content (AvgIpc) is 3.12. The van der Waals surface area contributed by atoms with Gasteiger partial charge in [0.2, 0.25) is 5.78 Å². The molecule has 0 unspecified atom stereocenters. The fourth-order valence-corrected chi connectivity index (χ4v) is 4.09. The van der Waals surface area contributed by atoms with Crippen molar-refractivity contribution < 1.29 is 0 Å². The van der Waals surface area contributed by atoms with Crippen LogP contribution in [0.25, 0.3) is 16.9 Å². The molecule has 0 radical (unpaired) electrons. The lowest BCUT2D eigenvalue weighted by Crippen LogP contribution is -2.39. The quantitative estimate of drug-likeness (QED) is 0.510. The molecule has 146 valence electrons. The van der Waals surface area contributed by atoms with Gasteiger partial charge in [0.05, 0.1) is 6.54 Å². The topological polar surface area (TPSA) is 66.2 Å². The second-order valence-corrected chi connectivity index (χ2v) is 8.00. The van der Waals surface area contributed by atoms with Gasteiger partial charge in [-0.25, -0.2) is 4.79 Å². The molecular weight excluding hydrogens is 401 g/mol. The van der Waals surface area contributed by atoms with Gasteiger partial charge < -0.3 is 4.57 Å². The Balaban J connectivity index is 2.03. The summed E-state index contributed by atoms with van der Waals surface area (Å²) in [6, 6.07) is 5.16. The SMILES string of the molecule is Cc1cn2c3c(=O)n(Cc4ccc(Cl)cc4Cl)c(=O)n(C)c3nc2n1C(C)C. The maximum Gasteiger partial charge on any atom is 0.332 e. The second kappa shape index (κ2) is 6.53. The largest absolute Gasteiger partial charge is 0.332 e. The van der Waals surface area contributed by atoms with Crippen molar-refractivity contribution in [3.8, 4) is 0 Å². The van der Waals surface area contributed by atoms with E-state index in [2.05, 4.69) is 4.98 Å². The summed E-state index contributed by atoms with van der Waals surface area (Å²) < 4.78 is 6.36. The van der Waals surface area contributed by atoms with Crippen LogP contribution in [0.15, 0.2) is 34.0 Å². The molecule has 0 N–H and O–H groups in total. The summed E-state index contributed by atoms with van der Waals surface area (Å²) in [5.41, 5.74) is 1.50. The lowest BCUT2D eigenvalue weighted by atomic mass is 10.2. The summed E-state index contributed by atoms with van der Waals surface area (Å²) >= 11 is 12.2. The smallest absolute Gasteiger partial charge is 0.312 e. The van der Waals surface area contributed by atoms with Crippen LogP contribution >= 0.6 is 23.2 Å². The molecule has 3 aromatic heterocycles. The number of fused-ring (bicyclic) bond motifs is 3. The van der Waals surface area contributed by atoms with E-state index in [0.29, 0.717) is 32.6 Å². The Morgan fingerprint density at radius 2 is 1.89 bits per heavy atom. The maximum absolute atomic E-state index is 13.3. The molecule has 0 atom stereocenters. The maximum atomic E-state index is 13.3. The Hall–Kier alpha value is -2.51. The summed E-state index contributed by atoms with van der Waals surface area (Å²) in [5.74, 6) is 0.636. The zero-order valence-corrected chi connectivity index (χ0v) is 17.4. The lowest BCUT2D eigenvalue weighted by Gasteiger charge is -2.10. The zero-order chi connectivity index (χ0) is 20.3. The first-order valence-corrected chi connectivity index (χ1v) is 9.59. The predicted octanol–water partition coefficient (Wildman–Crippen LogP) is 3.39. The standard InChI is InChI=1S/C19H19Cl2N5O2/c1-10(2)26-11(3)8-24-15-16(22-18(24)26)23(4)19(28)25(17(15)27)9-12-5-6-13(20)7-14(12)21/h5-8,10H,9H2,1-4H3. The number of aryl methyl sites for hydroxylation is 2. The van der Waals surface area contributed by atoms with Crippen LogP contribution in [0.1, 0.15) is 31.1 Å². The number of rotatable bonds is 3. The fraction of sp³-hybridized carbons (Fsp3) is 0.316. The van der Waals surface area contributed by atoms with Crippen LogP contribution < -0.4 is 11.2 Å². The van der Waals surface area contributed by atoms with E-state index >= 15 is 0 Å². The molecule has 28 heavy (non-hydrogen) atoms. The zero-order valence-electron chi connectivity index (χ0n) is 15.9. The van der Waals surface area contributed by atoms with Crippen LogP contribution in [0.2, 0.25) is 10.0 Å². The summed E-state index contributed by atoms with van der Waals surface area (Å²) in [6.45, 7) is 6.11. The first-order chi connectivity index (χ1) is 13.2. The molecule has 0 fully saturated rings. The van der Waals surface area contributed by atoms with Crippen LogP contribution in [0, 0.1) is 6.92 Å². The van der Waals surface area contributed by atoms with E-state index in [1.807, 2.05) is 31.5 Å². The van der Waals surface area contributed by atoms with Gasteiger partial charge in [-0.2, -0.15) is 4.98 Å². The molecule has 0 spiro atoms. The van der Waals surface area contributed by atoms with Crippen LogP contribution in [0.3, 0.4) is 0 Å². The molecule has 0 bridgehead atoms. The van der Waals surface area contributed by atoms with Gasteiger partial charge in [0.15, 0.2) is 11.2 Å². The minimum absolute atomic E-state index is 0.0502. The van der Waals surface area contributed by atoms with Gasteiger partial charge in [0, 0.05) is 35.0 Å². The summed E-state index contributed by atoms with van der Waals surface area (Å²) in [5, 5.41) is 0.897. The number of hydrogen-bond donors (Lipinski definition) is 0. The Morgan fingerprint density at radius 3 is 2.54 bits per heavy atom. The summed E-state index contributed by atoms with van der Waals surface area (Å²) in [6.07, 6.45) is 1.87. The third kappa shape index (κ3) is 2.69. The van der Waals surface area contributed by atoms with E-state index < -0.39 is 11.2 Å². The highest BCUT2D eigenvalue weighted by atomic mass is 35.5. The molecule has 0 aliphatic carbocycles. The van der Waals surface area contributed by atoms with Crippen LogP contribution in [0.4, 0.5) is 0 Å². The van der Waals surface area contributed by atoms with Gasteiger partial charge in [-0.3, -0.25) is 18.3 Å². The first kappa shape index (κ1) is 18.8. The van der Waals surface area contributed by atoms with E-state index in [0.717, 1.165) is 5.69 Å². The minimum atomic E-state index is -0.447. The molecule has 0 saturated heterocycles. The van der Waals surface area contributed by atoms with Crippen molar-refractivity contribution in [1.82, 2.24) is 23.1 Å².